The van der Waals surface area contributed by atoms with E-state index >= 15 is 0 Å². The summed E-state index contributed by atoms with van der Waals surface area (Å²) >= 11 is 0. The Morgan fingerprint density at radius 2 is 1.77 bits per heavy atom. The number of nitrogens with zero attached hydrogens (tertiary/aromatic N) is 1. The Balaban J connectivity index is 1.78. The van der Waals surface area contributed by atoms with E-state index in [1.54, 1.807) is 7.11 Å². The Morgan fingerprint density at radius 3 is 2.53 bits per heavy atom. The van der Waals surface area contributed by atoms with Crippen LogP contribution in [0.15, 0.2) is 78.9 Å². The minimum atomic E-state index is -0.117. The predicted molar refractivity (Wildman–Crippen MR) is 121 cm³/mol. The molecule has 0 aliphatic rings. The highest BCUT2D eigenvalue weighted by Gasteiger charge is 2.17. The first-order chi connectivity index (χ1) is 14.5. The highest BCUT2D eigenvalue weighted by Crippen LogP contribution is 2.28. The van der Waals surface area contributed by atoms with E-state index < -0.39 is 0 Å². The third-order valence-electron chi connectivity index (χ3n) is 5.22. The molecule has 1 unspecified atom stereocenters. The van der Waals surface area contributed by atoms with Crippen molar-refractivity contribution in [1.29, 1.82) is 0 Å². The monoisotopic (exact) mass is 396 g/mol. The van der Waals surface area contributed by atoms with Gasteiger partial charge in [0.05, 0.1) is 29.9 Å². The SMILES string of the molecule is COc1cccc(-c2cc(C(=O)NC(C)c3ccccc3)c3cc(C)ccc3n2)c1. The van der Waals surface area contributed by atoms with E-state index in [2.05, 4.69) is 5.32 Å². The highest BCUT2D eigenvalue weighted by atomic mass is 16.5. The van der Waals surface area contributed by atoms with Crippen molar-refractivity contribution in [3.8, 4) is 17.0 Å². The lowest BCUT2D eigenvalue weighted by Crippen LogP contribution is -2.27. The van der Waals surface area contributed by atoms with Crippen LogP contribution < -0.4 is 10.1 Å². The molecule has 0 saturated heterocycles. The molecular formula is C26H24N2O2. The molecule has 30 heavy (non-hydrogen) atoms. The first-order valence-corrected chi connectivity index (χ1v) is 9.97. The molecule has 0 aliphatic heterocycles. The van der Waals surface area contributed by atoms with Crippen LogP contribution in [-0.2, 0) is 0 Å². The number of methoxy groups -OCH3 is 1. The number of fused-ring (bicyclic) bond motifs is 1. The average Bonchev–Trinajstić information content (AvgIpc) is 2.78. The van der Waals surface area contributed by atoms with E-state index in [1.165, 1.54) is 0 Å². The number of hydrogen-bond donors (Lipinski definition) is 1. The van der Waals surface area contributed by atoms with Crippen LogP contribution in [0, 0.1) is 6.92 Å². The van der Waals surface area contributed by atoms with Gasteiger partial charge in [-0.2, -0.15) is 0 Å². The lowest BCUT2D eigenvalue weighted by Gasteiger charge is -2.16. The molecule has 4 rings (SSSR count). The van der Waals surface area contributed by atoms with E-state index in [9.17, 15) is 4.79 Å². The number of rotatable bonds is 5. The van der Waals surface area contributed by atoms with Crippen molar-refractivity contribution >= 4 is 16.8 Å². The summed E-state index contributed by atoms with van der Waals surface area (Å²) in [6, 6.07) is 25.4. The van der Waals surface area contributed by atoms with Crippen LogP contribution in [0.4, 0.5) is 0 Å². The number of amides is 1. The first-order valence-electron chi connectivity index (χ1n) is 9.97. The van der Waals surface area contributed by atoms with E-state index in [1.807, 2.05) is 92.7 Å². The van der Waals surface area contributed by atoms with Crippen LogP contribution in [0.25, 0.3) is 22.2 Å². The number of pyridine rings is 1. The molecule has 0 bridgehead atoms. The molecule has 4 heteroatoms. The van der Waals surface area contributed by atoms with Gasteiger partial charge in [0, 0.05) is 10.9 Å². The second kappa shape index (κ2) is 8.37. The summed E-state index contributed by atoms with van der Waals surface area (Å²) in [5, 5.41) is 3.98. The predicted octanol–water partition coefficient (Wildman–Crippen LogP) is 5.71. The lowest BCUT2D eigenvalue weighted by molar-refractivity contribution is 0.0941. The highest BCUT2D eigenvalue weighted by molar-refractivity contribution is 6.07. The summed E-state index contributed by atoms with van der Waals surface area (Å²) in [7, 11) is 1.64. The molecule has 0 aliphatic carbocycles. The van der Waals surface area contributed by atoms with Crippen molar-refractivity contribution in [2.24, 2.45) is 0 Å². The summed E-state index contributed by atoms with van der Waals surface area (Å²) in [6.45, 7) is 4.01. The van der Waals surface area contributed by atoms with Crippen molar-refractivity contribution in [2.45, 2.75) is 19.9 Å². The van der Waals surface area contributed by atoms with E-state index in [0.29, 0.717) is 5.56 Å². The van der Waals surface area contributed by atoms with Gasteiger partial charge < -0.3 is 10.1 Å². The topological polar surface area (TPSA) is 51.2 Å². The first kappa shape index (κ1) is 19.6. The molecule has 0 spiro atoms. The largest absolute Gasteiger partial charge is 0.497 e. The van der Waals surface area contributed by atoms with Crippen molar-refractivity contribution in [2.75, 3.05) is 7.11 Å². The van der Waals surface area contributed by atoms with Gasteiger partial charge in [0.1, 0.15) is 5.75 Å². The van der Waals surface area contributed by atoms with Crippen LogP contribution >= 0.6 is 0 Å². The summed E-state index contributed by atoms with van der Waals surface area (Å²) in [5.41, 5.74) is 5.20. The Bertz CT molecular complexity index is 1200. The van der Waals surface area contributed by atoms with Gasteiger partial charge in [-0.15, -0.1) is 0 Å². The molecule has 0 fully saturated rings. The van der Waals surface area contributed by atoms with Crippen molar-refractivity contribution in [1.82, 2.24) is 10.3 Å². The molecule has 4 aromatic rings. The van der Waals surface area contributed by atoms with Crippen LogP contribution in [0.1, 0.15) is 34.5 Å². The van der Waals surface area contributed by atoms with E-state index in [-0.39, 0.29) is 11.9 Å². The van der Waals surface area contributed by atoms with Gasteiger partial charge in [-0.1, -0.05) is 54.1 Å². The third kappa shape index (κ3) is 4.03. The number of hydrogen-bond acceptors (Lipinski definition) is 3. The number of aromatic nitrogens is 1. The molecule has 1 N–H and O–H groups in total. The van der Waals surface area contributed by atoms with Gasteiger partial charge in [0.15, 0.2) is 0 Å². The minimum Gasteiger partial charge on any atom is -0.497 e. The second-order valence-corrected chi connectivity index (χ2v) is 7.41. The summed E-state index contributed by atoms with van der Waals surface area (Å²) in [6.07, 6.45) is 0. The van der Waals surface area contributed by atoms with Crippen LogP contribution in [0.5, 0.6) is 5.75 Å². The number of carbonyl (C=O) groups is 1. The zero-order valence-electron chi connectivity index (χ0n) is 17.3. The number of ether oxygens (including phenoxy) is 1. The maximum absolute atomic E-state index is 13.3. The Kier molecular flexibility index (Phi) is 5.48. The molecule has 3 aromatic carbocycles. The molecular weight excluding hydrogens is 372 g/mol. The van der Waals surface area contributed by atoms with Crippen LogP contribution in [0.2, 0.25) is 0 Å². The van der Waals surface area contributed by atoms with Gasteiger partial charge in [-0.05, 0) is 49.7 Å². The van der Waals surface area contributed by atoms with Crippen molar-refractivity contribution < 1.29 is 9.53 Å². The maximum Gasteiger partial charge on any atom is 0.252 e. The lowest BCUT2D eigenvalue weighted by atomic mass is 10.0. The minimum absolute atomic E-state index is 0.105. The second-order valence-electron chi connectivity index (χ2n) is 7.41. The Hall–Kier alpha value is -3.66. The quantitative estimate of drug-likeness (QED) is 0.470. The molecule has 4 nitrogen and oxygen atoms in total. The number of benzene rings is 3. The summed E-state index contributed by atoms with van der Waals surface area (Å²) in [5.74, 6) is 0.635. The zero-order chi connectivity index (χ0) is 21.1. The fraction of sp³-hybridized carbons (Fsp3) is 0.154. The van der Waals surface area contributed by atoms with Gasteiger partial charge >= 0.3 is 0 Å². The Labute approximate surface area is 176 Å². The molecule has 150 valence electrons. The van der Waals surface area contributed by atoms with Crippen molar-refractivity contribution in [3.63, 3.8) is 0 Å². The molecule has 1 atom stereocenters. The Morgan fingerprint density at radius 1 is 0.967 bits per heavy atom. The van der Waals surface area contributed by atoms with Gasteiger partial charge in [-0.3, -0.25) is 4.79 Å². The van der Waals surface area contributed by atoms with Gasteiger partial charge in [0.2, 0.25) is 0 Å². The third-order valence-corrected chi connectivity index (χ3v) is 5.22. The van der Waals surface area contributed by atoms with Crippen LogP contribution in [-0.4, -0.2) is 18.0 Å². The number of nitrogens with one attached hydrogen (secondary N) is 1. The molecule has 1 amide bonds. The molecule has 1 aromatic heterocycles. The average molecular weight is 396 g/mol. The summed E-state index contributed by atoms with van der Waals surface area (Å²) < 4.78 is 5.35. The fourth-order valence-corrected chi connectivity index (χ4v) is 3.56. The number of aryl methyl sites for hydroxylation is 1. The van der Waals surface area contributed by atoms with Gasteiger partial charge in [0.25, 0.3) is 5.91 Å². The van der Waals surface area contributed by atoms with Crippen LogP contribution in [0.3, 0.4) is 0 Å². The normalized spacial score (nSPS) is 11.8. The molecule has 0 saturated carbocycles. The number of carbonyl (C=O) groups excluding carboxylic acids is 1. The van der Waals surface area contributed by atoms with Crippen molar-refractivity contribution in [3.05, 3.63) is 95.6 Å². The van der Waals surface area contributed by atoms with E-state index in [0.717, 1.165) is 39.0 Å². The summed E-state index contributed by atoms with van der Waals surface area (Å²) in [4.78, 5) is 18.1. The van der Waals surface area contributed by atoms with Gasteiger partial charge in [-0.25, -0.2) is 4.98 Å². The smallest absolute Gasteiger partial charge is 0.252 e. The molecule has 0 radical (unpaired) electrons. The van der Waals surface area contributed by atoms with E-state index in [4.69, 9.17) is 9.72 Å². The zero-order valence-corrected chi connectivity index (χ0v) is 17.3. The standard InChI is InChI=1S/C26H24N2O2/c1-17-12-13-24-22(14-17)23(26(29)27-18(2)19-8-5-4-6-9-19)16-25(28-24)20-10-7-11-21(15-20)30-3/h4-16,18H,1-3H3,(H,27,29). The fourth-order valence-electron chi connectivity index (χ4n) is 3.56. The maximum atomic E-state index is 13.3. The molecule has 1 heterocycles.